The van der Waals surface area contributed by atoms with Crippen LogP contribution in [-0.2, 0) is 14.7 Å². The van der Waals surface area contributed by atoms with E-state index in [1.807, 2.05) is 18.2 Å². The number of para-hydroxylation sites is 1. The van der Waals surface area contributed by atoms with Crippen LogP contribution in [0.3, 0.4) is 0 Å². The second-order valence-corrected chi connectivity index (χ2v) is 5.90. The number of hydrogen-bond donors (Lipinski definition) is 0. The predicted molar refractivity (Wildman–Crippen MR) is 67.4 cm³/mol. The van der Waals surface area contributed by atoms with Crippen molar-refractivity contribution in [3.63, 3.8) is 0 Å². The molecule has 0 saturated carbocycles. The molecule has 0 aromatic heterocycles. The first-order valence-corrected chi connectivity index (χ1v) is 7.04. The summed E-state index contributed by atoms with van der Waals surface area (Å²) < 4.78 is 24.4. The third-order valence-corrected chi connectivity index (χ3v) is 4.44. The van der Waals surface area contributed by atoms with Crippen LogP contribution in [0.5, 0.6) is 0 Å². The Morgan fingerprint density at radius 2 is 1.44 bits per heavy atom. The highest BCUT2D eigenvalue weighted by Gasteiger charge is 2.48. The van der Waals surface area contributed by atoms with E-state index in [1.165, 1.54) is 5.06 Å². The van der Waals surface area contributed by atoms with Crippen molar-refractivity contribution in [3.8, 4) is 0 Å². The molecule has 0 N–H and O–H groups in total. The Bertz CT molecular complexity index is 640. The van der Waals surface area contributed by atoms with E-state index in [0.717, 1.165) is 5.69 Å². The Labute approximate surface area is 105 Å². The van der Waals surface area contributed by atoms with Gasteiger partial charge in [-0.05, 0) is 24.3 Å². The predicted octanol–water partition coefficient (Wildman–Crippen LogP) is 2.20. The molecule has 1 saturated heterocycles. The Morgan fingerprint density at radius 3 is 2.06 bits per heavy atom. The van der Waals surface area contributed by atoms with Gasteiger partial charge in [-0.1, -0.05) is 36.4 Å². The first kappa shape index (κ1) is 11.3. The van der Waals surface area contributed by atoms with Gasteiger partial charge < -0.3 is 0 Å². The van der Waals surface area contributed by atoms with E-state index in [4.69, 9.17) is 4.84 Å². The monoisotopic (exact) mass is 261 g/mol. The van der Waals surface area contributed by atoms with Crippen molar-refractivity contribution in [3.05, 3.63) is 60.7 Å². The fraction of sp³-hybridized carbons (Fsp3) is 0.0769. The summed E-state index contributed by atoms with van der Waals surface area (Å²) in [6, 6.07) is 17.5. The zero-order valence-corrected chi connectivity index (χ0v) is 10.2. The minimum absolute atomic E-state index is 0.272. The van der Waals surface area contributed by atoms with E-state index in [0.29, 0.717) is 0 Å². The number of nitrogens with zero attached hydrogens (tertiary/aromatic N) is 1. The molecule has 2 aromatic carbocycles. The first-order valence-electron chi connectivity index (χ1n) is 5.49. The highest BCUT2D eigenvalue weighted by molar-refractivity contribution is 7.92. The van der Waals surface area contributed by atoms with Crippen LogP contribution < -0.4 is 5.06 Å². The van der Waals surface area contributed by atoms with Gasteiger partial charge in [-0.2, -0.15) is 0 Å². The van der Waals surface area contributed by atoms with Crippen LogP contribution in [0.15, 0.2) is 65.6 Å². The van der Waals surface area contributed by atoms with Gasteiger partial charge in [-0.3, -0.25) is 0 Å². The molecule has 0 spiro atoms. The minimum Gasteiger partial charge on any atom is -0.225 e. The zero-order valence-electron chi connectivity index (χ0n) is 9.43. The van der Waals surface area contributed by atoms with Gasteiger partial charge in [0, 0.05) is 0 Å². The minimum atomic E-state index is -3.46. The second kappa shape index (κ2) is 4.12. The maximum Gasteiger partial charge on any atom is 0.285 e. The molecule has 1 fully saturated rings. The molecule has 1 aliphatic heterocycles. The summed E-state index contributed by atoms with van der Waals surface area (Å²) in [7, 11) is -3.46. The quantitative estimate of drug-likeness (QED) is 0.795. The average molecular weight is 261 g/mol. The van der Waals surface area contributed by atoms with Crippen molar-refractivity contribution in [2.24, 2.45) is 0 Å². The van der Waals surface area contributed by atoms with Crippen molar-refractivity contribution in [1.82, 2.24) is 0 Å². The van der Waals surface area contributed by atoms with E-state index in [1.54, 1.807) is 42.5 Å². The number of rotatable bonds is 3. The number of hydrogen-bond acceptors (Lipinski definition) is 4. The molecular formula is C13H11NO3S. The summed E-state index contributed by atoms with van der Waals surface area (Å²) in [6.07, 6.45) is 0. The van der Waals surface area contributed by atoms with Crippen molar-refractivity contribution >= 4 is 15.5 Å². The Morgan fingerprint density at radius 1 is 0.889 bits per heavy atom. The van der Waals surface area contributed by atoms with E-state index in [9.17, 15) is 8.42 Å². The van der Waals surface area contributed by atoms with E-state index in [-0.39, 0.29) is 4.90 Å². The third kappa shape index (κ3) is 1.87. The molecule has 2 aromatic rings. The zero-order chi connectivity index (χ0) is 12.6. The molecule has 0 radical (unpaired) electrons. The lowest BCUT2D eigenvalue weighted by Crippen LogP contribution is -2.13. The lowest BCUT2D eigenvalue weighted by Gasteiger charge is -2.01. The van der Waals surface area contributed by atoms with Crippen LogP contribution in [0.2, 0.25) is 0 Å². The summed E-state index contributed by atoms with van der Waals surface area (Å²) in [5.41, 5.74) is -0.177. The maximum atomic E-state index is 12.2. The number of hydroxylamine groups is 1. The second-order valence-electron chi connectivity index (χ2n) is 3.93. The Balaban J connectivity index is 1.87. The molecule has 92 valence electrons. The normalized spacial score (nSPS) is 18.7. The van der Waals surface area contributed by atoms with Crippen LogP contribution in [0.4, 0.5) is 5.69 Å². The van der Waals surface area contributed by atoms with Crippen molar-refractivity contribution in [2.45, 2.75) is 10.5 Å². The fourth-order valence-corrected chi connectivity index (χ4v) is 3.09. The highest BCUT2D eigenvalue weighted by atomic mass is 32.2. The standard InChI is InChI=1S/C13H11NO3S/c15-18(16,12-9-5-2-6-10-12)13-14(17-13)11-7-3-1-4-8-11/h1-10,13H. The first-order chi connectivity index (χ1) is 8.69. The van der Waals surface area contributed by atoms with Gasteiger partial charge in [0.15, 0.2) is 0 Å². The lowest BCUT2D eigenvalue weighted by atomic mass is 10.3. The number of benzene rings is 2. The van der Waals surface area contributed by atoms with Crippen LogP contribution in [0, 0.1) is 0 Å². The largest absolute Gasteiger partial charge is 0.285 e. The Kier molecular flexibility index (Phi) is 2.57. The number of sulfone groups is 1. The molecule has 5 heteroatoms. The molecule has 18 heavy (non-hydrogen) atoms. The molecule has 3 rings (SSSR count). The van der Waals surface area contributed by atoms with Crippen LogP contribution in [-0.4, -0.2) is 14.0 Å². The summed E-state index contributed by atoms with van der Waals surface area (Å²) >= 11 is 0. The molecule has 1 unspecified atom stereocenters. The molecule has 0 bridgehead atoms. The van der Waals surface area contributed by atoms with Gasteiger partial charge in [-0.25, -0.2) is 18.3 Å². The van der Waals surface area contributed by atoms with Gasteiger partial charge in [0.05, 0.1) is 10.6 Å². The number of anilines is 1. The molecule has 0 amide bonds. The molecule has 0 aliphatic carbocycles. The molecular weight excluding hydrogens is 250 g/mol. The van der Waals surface area contributed by atoms with Gasteiger partial charge in [-0.15, -0.1) is 0 Å². The molecule has 1 atom stereocenters. The Hall–Kier alpha value is -1.85. The summed E-state index contributed by atoms with van der Waals surface area (Å²) in [4.78, 5) is 5.44. The van der Waals surface area contributed by atoms with Crippen molar-refractivity contribution < 1.29 is 13.3 Å². The van der Waals surface area contributed by atoms with Crippen LogP contribution >= 0.6 is 0 Å². The van der Waals surface area contributed by atoms with Gasteiger partial charge in [0.1, 0.15) is 0 Å². The lowest BCUT2D eigenvalue weighted by molar-refractivity contribution is 0.428. The fourth-order valence-electron chi connectivity index (χ4n) is 1.74. The van der Waals surface area contributed by atoms with Crippen LogP contribution in [0.25, 0.3) is 0 Å². The van der Waals surface area contributed by atoms with Gasteiger partial charge >= 0.3 is 0 Å². The molecule has 4 nitrogen and oxygen atoms in total. The average Bonchev–Trinajstić information content (AvgIpc) is 3.22. The topological polar surface area (TPSA) is 49.7 Å². The van der Waals surface area contributed by atoms with Crippen LogP contribution in [0.1, 0.15) is 0 Å². The molecule has 1 heterocycles. The smallest absolute Gasteiger partial charge is 0.225 e. The summed E-state index contributed by atoms with van der Waals surface area (Å²) in [5, 5.41) is 1.39. The summed E-state index contributed by atoms with van der Waals surface area (Å²) in [5.74, 6) is 0. The maximum absolute atomic E-state index is 12.2. The SMILES string of the molecule is O=S(=O)(c1ccccc1)C1ON1c1ccccc1. The van der Waals surface area contributed by atoms with Gasteiger partial charge in [0.25, 0.3) is 5.56 Å². The summed E-state index contributed by atoms with van der Waals surface area (Å²) in [6.45, 7) is 0. The third-order valence-electron chi connectivity index (χ3n) is 2.70. The van der Waals surface area contributed by atoms with Crippen molar-refractivity contribution in [2.75, 3.05) is 5.06 Å². The molecule has 1 aliphatic rings. The van der Waals surface area contributed by atoms with Crippen molar-refractivity contribution in [1.29, 1.82) is 0 Å². The van der Waals surface area contributed by atoms with E-state index >= 15 is 0 Å². The van der Waals surface area contributed by atoms with E-state index in [2.05, 4.69) is 0 Å². The highest BCUT2D eigenvalue weighted by Crippen LogP contribution is 2.35. The van der Waals surface area contributed by atoms with Gasteiger partial charge in [0.2, 0.25) is 9.84 Å². The van der Waals surface area contributed by atoms with E-state index < -0.39 is 15.4 Å².